The van der Waals surface area contributed by atoms with Gasteiger partial charge in [-0.25, -0.2) is 0 Å². The minimum atomic E-state index is -0.0188. The highest BCUT2D eigenvalue weighted by Crippen LogP contribution is 2.64. The molecular weight excluding hydrogens is 236 g/mol. The lowest BCUT2D eigenvalue weighted by Gasteiger charge is -2.59. The Kier molecular flexibility index (Phi) is 2.70. The highest BCUT2D eigenvalue weighted by Gasteiger charge is 2.57. The zero-order chi connectivity index (χ0) is 12.1. The predicted octanol–water partition coefficient (Wildman–Crippen LogP) is 3.52. The summed E-state index contributed by atoms with van der Waals surface area (Å²) >= 11 is 6.73. The molecule has 4 aliphatic rings. The second-order valence-electron chi connectivity index (χ2n) is 6.59. The first kappa shape index (κ1) is 11.8. The van der Waals surface area contributed by atoms with E-state index in [1.807, 2.05) is 6.92 Å². The first-order valence-electron chi connectivity index (χ1n) is 6.87. The zero-order valence-electron chi connectivity index (χ0n) is 10.5. The van der Waals surface area contributed by atoms with Gasteiger partial charge in [-0.05, 0) is 62.7 Å². The molecule has 0 aromatic rings. The van der Waals surface area contributed by atoms with Gasteiger partial charge in [0.2, 0.25) is 0 Å². The van der Waals surface area contributed by atoms with Crippen molar-refractivity contribution in [2.75, 3.05) is 6.61 Å². The summed E-state index contributed by atoms with van der Waals surface area (Å²) in [6.45, 7) is 2.37. The lowest BCUT2D eigenvalue weighted by molar-refractivity contribution is -0.150. The van der Waals surface area contributed by atoms with Gasteiger partial charge in [0.15, 0.2) is 0 Å². The second kappa shape index (κ2) is 3.88. The Bertz CT molecular complexity index is 325. The molecule has 17 heavy (non-hydrogen) atoms. The maximum absolute atomic E-state index is 11.8. The van der Waals surface area contributed by atoms with E-state index < -0.39 is 0 Å². The molecule has 0 amide bonds. The van der Waals surface area contributed by atoms with E-state index in [4.69, 9.17) is 16.3 Å². The Labute approximate surface area is 108 Å². The summed E-state index contributed by atoms with van der Waals surface area (Å²) in [5, 5.41) is 0. The second-order valence-corrected chi connectivity index (χ2v) is 7.40. The summed E-state index contributed by atoms with van der Waals surface area (Å²) in [7, 11) is 0. The van der Waals surface area contributed by atoms with Crippen LogP contribution in [0.15, 0.2) is 0 Å². The van der Waals surface area contributed by atoms with E-state index in [-0.39, 0.29) is 16.3 Å². The third kappa shape index (κ3) is 2.09. The van der Waals surface area contributed by atoms with Gasteiger partial charge < -0.3 is 4.74 Å². The Morgan fingerprint density at radius 1 is 1.29 bits per heavy atom. The quantitative estimate of drug-likeness (QED) is 0.571. The summed E-state index contributed by atoms with van der Waals surface area (Å²) in [6.07, 6.45) is 7.74. The molecule has 3 heteroatoms. The highest BCUT2D eigenvalue weighted by molar-refractivity contribution is 6.24. The van der Waals surface area contributed by atoms with Crippen LogP contribution in [-0.4, -0.2) is 17.5 Å². The first-order chi connectivity index (χ1) is 8.03. The van der Waals surface area contributed by atoms with Crippen LogP contribution in [0, 0.1) is 17.3 Å². The number of hydrogen-bond acceptors (Lipinski definition) is 2. The van der Waals surface area contributed by atoms with Crippen LogP contribution in [0.3, 0.4) is 0 Å². The molecule has 0 aliphatic heterocycles. The van der Waals surface area contributed by atoms with Crippen LogP contribution in [0.1, 0.15) is 51.9 Å². The van der Waals surface area contributed by atoms with E-state index in [0.29, 0.717) is 13.0 Å². The Hall–Kier alpha value is -0.240. The van der Waals surface area contributed by atoms with Crippen LogP contribution in [0.2, 0.25) is 0 Å². The molecule has 4 fully saturated rings. The average Bonchev–Trinajstić information content (AvgIpc) is 2.11. The van der Waals surface area contributed by atoms with Crippen molar-refractivity contribution in [1.29, 1.82) is 0 Å². The fraction of sp³-hybridized carbons (Fsp3) is 0.929. The molecule has 0 spiro atoms. The average molecular weight is 257 g/mol. The van der Waals surface area contributed by atoms with Crippen molar-refractivity contribution in [3.8, 4) is 0 Å². The zero-order valence-corrected chi connectivity index (χ0v) is 11.3. The molecule has 0 aromatic heterocycles. The van der Waals surface area contributed by atoms with Crippen LogP contribution >= 0.6 is 11.6 Å². The molecule has 0 radical (unpaired) electrons. The van der Waals surface area contributed by atoms with E-state index >= 15 is 0 Å². The molecule has 96 valence electrons. The lowest BCUT2D eigenvalue weighted by atomic mass is 9.48. The number of ether oxygens (including phenoxy) is 1. The van der Waals surface area contributed by atoms with E-state index in [2.05, 4.69) is 0 Å². The summed E-state index contributed by atoms with van der Waals surface area (Å²) in [4.78, 5) is 11.8. The molecular formula is C14H21ClO2. The molecule has 4 saturated carbocycles. The minimum absolute atomic E-state index is 0.0105. The van der Waals surface area contributed by atoms with Crippen molar-refractivity contribution in [3.63, 3.8) is 0 Å². The molecule has 0 heterocycles. The number of carbonyl (C=O) groups excluding carboxylic acids is 1. The minimum Gasteiger partial charge on any atom is -0.466 e. The first-order valence-corrected chi connectivity index (χ1v) is 7.25. The maximum Gasteiger partial charge on any atom is 0.306 e. The smallest absolute Gasteiger partial charge is 0.306 e. The van der Waals surface area contributed by atoms with Crippen LogP contribution in [0.5, 0.6) is 0 Å². The van der Waals surface area contributed by atoms with Gasteiger partial charge in [0, 0.05) is 4.87 Å². The third-order valence-corrected chi connectivity index (χ3v) is 5.38. The van der Waals surface area contributed by atoms with Crippen molar-refractivity contribution < 1.29 is 9.53 Å². The molecule has 4 aliphatic carbocycles. The van der Waals surface area contributed by atoms with Crippen LogP contribution in [-0.2, 0) is 9.53 Å². The number of hydrogen-bond donors (Lipinski definition) is 0. The van der Waals surface area contributed by atoms with E-state index in [9.17, 15) is 4.79 Å². The summed E-state index contributed by atoms with van der Waals surface area (Å²) < 4.78 is 5.13. The Balaban J connectivity index is 1.76. The van der Waals surface area contributed by atoms with Gasteiger partial charge >= 0.3 is 5.97 Å². The molecule has 2 nitrogen and oxygen atoms in total. The van der Waals surface area contributed by atoms with Gasteiger partial charge in [-0.1, -0.05) is 0 Å². The van der Waals surface area contributed by atoms with Crippen molar-refractivity contribution in [1.82, 2.24) is 0 Å². The predicted molar refractivity (Wildman–Crippen MR) is 66.9 cm³/mol. The number of carbonyl (C=O) groups is 1. The fourth-order valence-corrected chi connectivity index (χ4v) is 5.78. The van der Waals surface area contributed by atoms with Gasteiger partial charge in [-0.2, -0.15) is 0 Å². The monoisotopic (exact) mass is 256 g/mol. The summed E-state index contributed by atoms with van der Waals surface area (Å²) in [5.41, 5.74) is 0.179. The molecule has 2 atom stereocenters. The Morgan fingerprint density at radius 3 is 2.47 bits per heavy atom. The normalized spacial score (nSPS) is 47.2. The Morgan fingerprint density at radius 2 is 1.94 bits per heavy atom. The lowest BCUT2D eigenvalue weighted by Crippen LogP contribution is -2.53. The van der Waals surface area contributed by atoms with Crippen LogP contribution in [0.4, 0.5) is 0 Å². The van der Waals surface area contributed by atoms with E-state index in [1.54, 1.807) is 0 Å². The van der Waals surface area contributed by atoms with Gasteiger partial charge in [0.25, 0.3) is 0 Å². The fourth-order valence-electron chi connectivity index (χ4n) is 5.06. The van der Waals surface area contributed by atoms with E-state index in [1.165, 1.54) is 32.1 Å². The van der Waals surface area contributed by atoms with Crippen molar-refractivity contribution in [2.45, 2.75) is 56.7 Å². The number of alkyl halides is 1. The van der Waals surface area contributed by atoms with Gasteiger partial charge in [0.1, 0.15) is 0 Å². The van der Waals surface area contributed by atoms with Crippen molar-refractivity contribution in [2.24, 2.45) is 17.3 Å². The molecule has 4 bridgehead atoms. The topological polar surface area (TPSA) is 26.3 Å². The summed E-state index contributed by atoms with van der Waals surface area (Å²) in [6, 6.07) is 0. The van der Waals surface area contributed by atoms with Crippen LogP contribution < -0.4 is 0 Å². The van der Waals surface area contributed by atoms with Crippen LogP contribution in [0.25, 0.3) is 0 Å². The third-order valence-electron chi connectivity index (χ3n) is 4.94. The van der Waals surface area contributed by atoms with Gasteiger partial charge in [-0.3, -0.25) is 4.79 Å². The molecule has 2 unspecified atom stereocenters. The molecule has 0 N–H and O–H groups in total. The maximum atomic E-state index is 11.8. The highest BCUT2D eigenvalue weighted by atomic mass is 35.5. The number of rotatable bonds is 3. The molecule has 0 saturated heterocycles. The standard InChI is InChI=1S/C14H21ClO2/c1-2-17-12(16)8-13-4-10-3-11(5-13)7-14(15,6-10)9-13/h10-11H,2-9H2,1H3. The SMILES string of the molecule is CCOC(=O)CC12CC3CC(CC(Cl)(C3)C1)C2. The largest absolute Gasteiger partial charge is 0.466 e. The van der Waals surface area contributed by atoms with Gasteiger partial charge in [-0.15, -0.1) is 11.6 Å². The van der Waals surface area contributed by atoms with E-state index in [0.717, 1.165) is 18.3 Å². The van der Waals surface area contributed by atoms with Gasteiger partial charge in [0.05, 0.1) is 13.0 Å². The van der Waals surface area contributed by atoms with Crippen molar-refractivity contribution >= 4 is 17.6 Å². The van der Waals surface area contributed by atoms with Crippen molar-refractivity contribution in [3.05, 3.63) is 0 Å². The molecule has 0 aromatic carbocycles. The molecule has 4 rings (SSSR count). The number of esters is 1. The summed E-state index contributed by atoms with van der Waals surface area (Å²) in [5.74, 6) is 1.51. The number of halogens is 1.